The van der Waals surface area contributed by atoms with Crippen LogP contribution in [0, 0.1) is 0 Å². The van der Waals surface area contributed by atoms with Crippen molar-refractivity contribution in [3.63, 3.8) is 0 Å². The van der Waals surface area contributed by atoms with Gasteiger partial charge >= 0.3 is 0 Å². The number of hydrogen-bond acceptors (Lipinski definition) is 2. The molecule has 7 heavy (non-hydrogen) atoms. The maximum atomic E-state index is 9.57. The second-order valence-electron chi connectivity index (χ2n) is 0.777. The Hall–Kier alpha value is -0.610. The van der Waals surface area contributed by atoms with E-state index in [2.05, 4.69) is 6.58 Å². The first-order chi connectivity index (χ1) is 3.18. The molecule has 0 atom stereocenters. The third kappa shape index (κ3) is 2.13. The summed E-state index contributed by atoms with van der Waals surface area (Å²) in [5, 5.41) is 7.40. The third-order valence-electron chi connectivity index (χ3n) is 0.345. The summed E-state index contributed by atoms with van der Waals surface area (Å²) in [5.41, 5.74) is 0. The lowest BCUT2D eigenvalue weighted by molar-refractivity contribution is 0.564. The first-order valence-electron chi connectivity index (χ1n) is 1.46. The van der Waals surface area contributed by atoms with Crippen LogP contribution in [0.3, 0.4) is 0 Å². The second-order valence-corrected chi connectivity index (χ2v) is 1.66. The molecule has 4 heteroatoms. The lowest BCUT2D eigenvalue weighted by Crippen LogP contribution is -1.88. The van der Waals surface area contributed by atoms with Gasteiger partial charge in [-0.15, -0.1) is 0 Å². The van der Waals surface area contributed by atoms with Crippen LogP contribution in [0.2, 0.25) is 0 Å². The van der Waals surface area contributed by atoms with Crippen LogP contribution < -0.4 is 0 Å². The van der Waals surface area contributed by atoms with Crippen molar-refractivity contribution in [3.8, 4) is 0 Å². The lowest BCUT2D eigenvalue weighted by atomic mass is 10.7. The van der Waals surface area contributed by atoms with Crippen LogP contribution in [0.4, 0.5) is 0 Å². The molecule has 0 aliphatic heterocycles. The van der Waals surface area contributed by atoms with Crippen LogP contribution in [0.25, 0.3) is 0 Å². The average molecular weight is 120 g/mol. The SMILES string of the molecule is C=CC(O)=S(=O)=O. The minimum Gasteiger partial charge on any atom is -0.348 e. The predicted octanol–water partition coefficient (Wildman–Crippen LogP) is -0.261. The largest absolute Gasteiger partial charge is 0.348 e. The maximum Gasteiger partial charge on any atom is 0.244 e. The number of hydrogen-bond donors (Lipinski definition) is 1. The number of aliphatic hydroxyl groups is 1. The van der Waals surface area contributed by atoms with Crippen LogP contribution in [0.15, 0.2) is 12.7 Å². The first kappa shape index (κ1) is 6.39. The van der Waals surface area contributed by atoms with Crippen molar-refractivity contribution in [1.29, 1.82) is 0 Å². The molecule has 0 heterocycles. The predicted molar refractivity (Wildman–Crippen MR) is 26.8 cm³/mol. The molecule has 0 rings (SSSR count). The van der Waals surface area contributed by atoms with Crippen molar-refractivity contribution in [2.45, 2.75) is 0 Å². The van der Waals surface area contributed by atoms with Crippen molar-refractivity contribution in [3.05, 3.63) is 12.7 Å². The lowest BCUT2D eigenvalue weighted by Gasteiger charge is -1.69. The van der Waals surface area contributed by atoms with Gasteiger partial charge in [-0.1, -0.05) is 6.58 Å². The van der Waals surface area contributed by atoms with E-state index in [1.54, 1.807) is 0 Å². The normalized spacial score (nSPS) is 7.57. The Labute approximate surface area is 42.4 Å². The molecule has 0 unspecified atom stereocenters. The van der Waals surface area contributed by atoms with Gasteiger partial charge in [0.05, 0.1) is 0 Å². The maximum absolute atomic E-state index is 9.57. The molecule has 0 aliphatic carbocycles. The quantitative estimate of drug-likeness (QED) is 0.383. The highest BCUT2D eigenvalue weighted by Gasteiger charge is 1.79. The van der Waals surface area contributed by atoms with Crippen LogP contribution in [0.5, 0.6) is 0 Å². The molecule has 0 saturated heterocycles. The van der Waals surface area contributed by atoms with E-state index in [0.29, 0.717) is 0 Å². The third-order valence-corrected chi connectivity index (χ3v) is 0.854. The summed E-state index contributed by atoms with van der Waals surface area (Å²) in [7, 11) is -2.51. The highest BCUT2D eigenvalue weighted by Crippen LogP contribution is 1.61. The molecule has 0 fully saturated rings. The van der Waals surface area contributed by atoms with E-state index in [-0.39, 0.29) is 0 Å². The molecule has 0 amide bonds. The molecule has 0 aromatic rings. The fourth-order valence-corrected chi connectivity index (χ4v) is 0.204. The molecule has 0 aliphatic rings. The Morgan fingerprint density at radius 2 is 2.14 bits per heavy atom. The van der Waals surface area contributed by atoms with Crippen LogP contribution in [-0.4, -0.2) is 18.6 Å². The summed E-state index contributed by atoms with van der Waals surface area (Å²) < 4.78 is 19.1. The van der Waals surface area contributed by atoms with Gasteiger partial charge in [0.15, 0.2) is 5.05 Å². The van der Waals surface area contributed by atoms with E-state index in [1.165, 1.54) is 0 Å². The van der Waals surface area contributed by atoms with Crippen LogP contribution in [0.1, 0.15) is 0 Å². The standard InChI is InChI=1S/C3H4O3S/c1-2-3(4)7(5)6/h2,4H,1H2. The van der Waals surface area contributed by atoms with E-state index in [0.717, 1.165) is 6.08 Å². The van der Waals surface area contributed by atoms with E-state index in [4.69, 9.17) is 5.11 Å². The summed E-state index contributed by atoms with van der Waals surface area (Å²) in [6.07, 6.45) is 0.850. The van der Waals surface area contributed by atoms with Gasteiger partial charge in [0, 0.05) is 0 Å². The topological polar surface area (TPSA) is 54.4 Å². The summed E-state index contributed by atoms with van der Waals surface area (Å²) in [6.45, 7) is 3.00. The van der Waals surface area contributed by atoms with E-state index in [9.17, 15) is 8.42 Å². The molecule has 0 bridgehead atoms. The van der Waals surface area contributed by atoms with Gasteiger partial charge in [0.2, 0.25) is 10.3 Å². The van der Waals surface area contributed by atoms with Crippen LogP contribution in [-0.2, 0) is 10.3 Å². The van der Waals surface area contributed by atoms with Crippen molar-refractivity contribution in [2.75, 3.05) is 0 Å². The molecular formula is C3H4O3S. The average Bonchev–Trinajstić information content (AvgIpc) is 1.65. The van der Waals surface area contributed by atoms with Gasteiger partial charge in [0.1, 0.15) is 0 Å². The molecule has 1 N–H and O–H groups in total. The summed E-state index contributed by atoms with van der Waals surface area (Å²) in [4.78, 5) is 0. The molecule has 40 valence electrons. The molecule has 0 aromatic carbocycles. The van der Waals surface area contributed by atoms with Crippen molar-refractivity contribution in [1.82, 2.24) is 0 Å². The Morgan fingerprint density at radius 3 is 2.14 bits per heavy atom. The van der Waals surface area contributed by atoms with Gasteiger partial charge < -0.3 is 5.11 Å². The van der Waals surface area contributed by atoms with Crippen molar-refractivity contribution >= 4 is 15.3 Å². The van der Waals surface area contributed by atoms with Gasteiger partial charge in [0.25, 0.3) is 0 Å². The molecule has 0 spiro atoms. The minimum atomic E-state index is -2.51. The van der Waals surface area contributed by atoms with E-state index in [1.807, 2.05) is 0 Å². The van der Waals surface area contributed by atoms with Gasteiger partial charge in [-0.2, -0.15) is 8.42 Å². The van der Waals surface area contributed by atoms with Crippen LogP contribution >= 0.6 is 0 Å². The molecule has 3 nitrogen and oxygen atoms in total. The smallest absolute Gasteiger partial charge is 0.244 e. The van der Waals surface area contributed by atoms with Gasteiger partial charge in [-0.25, -0.2) is 0 Å². The second kappa shape index (κ2) is 2.54. The summed E-state index contributed by atoms with van der Waals surface area (Å²) in [5.74, 6) is 0. The monoisotopic (exact) mass is 120 g/mol. The summed E-state index contributed by atoms with van der Waals surface area (Å²) >= 11 is 0. The number of rotatable bonds is 1. The fraction of sp³-hybridized carbons (Fsp3) is 0. The van der Waals surface area contributed by atoms with Crippen molar-refractivity contribution in [2.24, 2.45) is 0 Å². The van der Waals surface area contributed by atoms with Gasteiger partial charge in [-0.05, 0) is 6.08 Å². The fourth-order valence-electron chi connectivity index (χ4n) is 0.0680. The zero-order valence-electron chi connectivity index (χ0n) is 3.46. The van der Waals surface area contributed by atoms with Crippen molar-refractivity contribution < 1.29 is 13.5 Å². The Balaban J connectivity index is 4.67. The Bertz CT molecular complexity index is 178. The first-order valence-corrected chi connectivity index (χ1v) is 2.53. The summed E-state index contributed by atoms with van der Waals surface area (Å²) in [6, 6.07) is 0. The zero-order valence-corrected chi connectivity index (χ0v) is 4.27. The Morgan fingerprint density at radius 1 is 1.71 bits per heavy atom. The highest BCUT2D eigenvalue weighted by atomic mass is 32.2. The van der Waals surface area contributed by atoms with E-state index < -0.39 is 15.3 Å². The molecular weight excluding hydrogens is 116 g/mol. The molecule has 0 saturated carbocycles. The molecule has 0 aromatic heterocycles. The zero-order chi connectivity index (χ0) is 5.86. The highest BCUT2D eigenvalue weighted by molar-refractivity contribution is 7.72. The Kier molecular flexibility index (Phi) is 2.32. The van der Waals surface area contributed by atoms with E-state index >= 15 is 0 Å². The number of aliphatic hydroxyl groups excluding tert-OH is 1. The minimum absolute atomic E-state index is 0.722. The van der Waals surface area contributed by atoms with Gasteiger partial charge in [-0.3, -0.25) is 0 Å². The molecule has 0 radical (unpaired) electrons.